The van der Waals surface area contributed by atoms with Gasteiger partial charge in [0.05, 0.1) is 6.10 Å². The molecule has 1 aromatic rings. The molecule has 72 valence electrons. The first kappa shape index (κ1) is 10.1. The van der Waals surface area contributed by atoms with E-state index in [1.54, 1.807) is 6.92 Å². The van der Waals surface area contributed by atoms with E-state index in [2.05, 4.69) is 0 Å². The van der Waals surface area contributed by atoms with Crippen LogP contribution < -0.4 is 0 Å². The van der Waals surface area contributed by atoms with Crippen LogP contribution in [-0.2, 0) is 0 Å². The van der Waals surface area contributed by atoms with Crippen molar-refractivity contribution in [2.24, 2.45) is 0 Å². The van der Waals surface area contributed by atoms with E-state index in [1.165, 1.54) is 0 Å². The van der Waals surface area contributed by atoms with E-state index < -0.39 is 23.6 Å². The third-order valence-corrected chi connectivity index (χ3v) is 1.81. The second-order valence-corrected chi connectivity index (χ2v) is 2.69. The largest absolute Gasteiger partial charge is 0.388 e. The fourth-order valence-corrected chi connectivity index (χ4v) is 1.02. The quantitative estimate of drug-likeness (QED) is 0.710. The molecule has 0 spiro atoms. The second-order valence-electron chi connectivity index (χ2n) is 2.69. The van der Waals surface area contributed by atoms with E-state index in [-0.39, 0.29) is 12.0 Å². The summed E-state index contributed by atoms with van der Waals surface area (Å²) < 4.78 is 38.0. The number of aliphatic hydroxyl groups is 1. The van der Waals surface area contributed by atoms with Gasteiger partial charge < -0.3 is 5.11 Å². The average molecular weight is 190 g/mol. The molecular formula is C9H9F3O. The van der Waals surface area contributed by atoms with Crippen LogP contribution in [0.4, 0.5) is 13.2 Å². The molecule has 0 fully saturated rings. The Morgan fingerprint density at radius 1 is 1.23 bits per heavy atom. The second kappa shape index (κ2) is 3.79. The molecule has 0 aliphatic rings. The zero-order valence-corrected chi connectivity index (χ0v) is 7.02. The summed E-state index contributed by atoms with van der Waals surface area (Å²) in [6.45, 7) is 1.62. The maximum Gasteiger partial charge on any atom is 0.194 e. The Balaban J connectivity index is 3.18. The van der Waals surface area contributed by atoms with E-state index in [1.807, 2.05) is 0 Å². The van der Waals surface area contributed by atoms with Gasteiger partial charge in [-0.3, -0.25) is 0 Å². The summed E-state index contributed by atoms with van der Waals surface area (Å²) in [5, 5.41) is 9.20. The summed E-state index contributed by atoms with van der Waals surface area (Å²) >= 11 is 0. The number of halogens is 3. The van der Waals surface area contributed by atoms with Crippen LogP contribution in [0.3, 0.4) is 0 Å². The minimum absolute atomic E-state index is 0.207. The van der Waals surface area contributed by atoms with Gasteiger partial charge >= 0.3 is 0 Å². The van der Waals surface area contributed by atoms with E-state index >= 15 is 0 Å². The lowest BCUT2D eigenvalue weighted by molar-refractivity contribution is 0.167. The summed E-state index contributed by atoms with van der Waals surface area (Å²) in [7, 11) is 0. The van der Waals surface area contributed by atoms with Gasteiger partial charge in [0.1, 0.15) is 0 Å². The van der Waals surface area contributed by atoms with Crippen LogP contribution in [0.25, 0.3) is 0 Å². The molecule has 0 aliphatic carbocycles. The van der Waals surface area contributed by atoms with Gasteiger partial charge in [-0.15, -0.1) is 0 Å². The molecular weight excluding hydrogens is 181 g/mol. The molecule has 0 saturated heterocycles. The summed E-state index contributed by atoms with van der Waals surface area (Å²) in [4.78, 5) is 0. The highest BCUT2D eigenvalue weighted by Crippen LogP contribution is 2.22. The fraction of sp³-hybridized carbons (Fsp3) is 0.333. The highest BCUT2D eigenvalue weighted by atomic mass is 19.2. The standard InChI is InChI=1S/C9H9F3O/c1-2-7(13)5-3-4-6(10)9(12)8(5)11/h3-4,7,13H,2H2,1H3/t7-/m0/s1. The molecule has 0 amide bonds. The molecule has 0 unspecified atom stereocenters. The van der Waals surface area contributed by atoms with E-state index in [0.29, 0.717) is 0 Å². The first-order chi connectivity index (χ1) is 6.07. The van der Waals surface area contributed by atoms with Gasteiger partial charge in [-0.25, -0.2) is 13.2 Å². The van der Waals surface area contributed by atoms with Gasteiger partial charge in [-0.1, -0.05) is 13.0 Å². The zero-order valence-electron chi connectivity index (χ0n) is 7.02. The van der Waals surface area contributed by atoms with E-state index in [4.69, 9.17) is 0 Å². The van der Waals surface area contributed by atoms with Crippen molar-refractivity contribution in [3.05, 3.63) is 35.1 Å². The van der Waals surface area contributed by atoms with Crippen molar-refractivity contribution in [2.45, 2.75) is 19.4 Å². The van der Waals surface area contributed by atoms with Gasteiger partial charge in [-0.05, 0) is 12.5 Å². The number of aliphatic hydroxyl groups excluding tert-OH is 1. The molecule has 0 heterocycles. The highest BCUT2D eigenvalue weighted by molar-refractivity contribution is 5.22. The van der Waals surface area contributed by atoms with Crippen molar-refractivity contribution >= 4 is 0 Å². The van der Waals surface area contributed by atoms with E-state index in [0.717, 1.165) is 12.1 Å². The monoisotopic (exact) mass is 190 g/mol. The lowest BCUT2D eigenvalue weighted by atomic mass is 10.1. The van der Waals surface area contributed by atoms with Gasteiger partial charge in [-0.2, -0.15) is 0 Å². The lowest BCUT2D eigenvalue weighted by Gasteiger charge is -2.09. The van der Waals surface area contributed by atoms with Crippen molar-refractivity contribution in [3.8, 4) is 0 Å². The Bertz CT molecular complexity index is 312. The molecule has 13 heavy (non-hydrogen) atoms. The van der Waals surface area contributed by atoms with Crippen LogP contribution in [0.2, 0.25) is 0 Å². The van der Waals surface area contributed by atoms with Crippen LogP contribution in [0, 0.1) is 17.5 Å². The van der Waals surface area contributed by atoms with Gasteiger partial charge in [0, 0.05) is 5.56 Å². The molecule has 0 bridgehead atoms. The molecule has 0 radical (unpaired) electrons. The Morgan fingerprint density at radius 2 is 1.85 bits per heavy atom. The van der Waals surface area contributed by atoms with Gasteiger partial charge in [0.2, 0.25) is 0 Å². The molecule has 1 N–H and O–H groups in total. The molecule has 1 nitrogen and oxygen atoms in total. The minimum atomic E-state index is -1.54. The highest BCUT2D eigenvalue weighted by Gasteiger charge is 2.17. The number of benzene rings is 1. The van der Waals surface area contributed by atoms with Crippen LogP contribution in [0.1, 0.15) is 25.0 Å². The fourth-order valence-electron chi connectivity index (χ4n) is 1.02. The maximum absolute atomic E-state index is 12.9. The molecule has 1 aromatic carbocycles. The van der Waals surface area contributed by atoms with Crippen LogP contribution in [0.15, 0.2) is 12.1 Å². The zero-order chi connectivity index (χ0) is 10.0. The van der Waals surface area contributed by atoms with Gasteiger partial charge in [0.15, 0.2) is 17.5 Å². The molecule has 0 saturated carbocycles. The van der Waals surface area contributed by atoms with Crippen LogP contribution in [-0.4, -0.2) is 5.11 Å². The normalized spacial score (nSPS) is 13.0. The van der Waals surface area contributed by atoms with Crippen molar-refractivity contribution in [3.63, 3.8) is 0 Å². The van der Waals surface area contributed by atoms with Crippen molar-refractivity contribution in [1.29, 1.82) is 0 Å². The predicted octanol–water partition coefficient (Wildman–Crippen LogP) is 2.55. The molecule has 4 heteroatoms. The maximum atomic E-state index is 12.9. The number of hydrogen-bond acceptors (Lipinski definition) is 1. The summed E-state index contributed by atoms with van der Waals surface area (Å²) in [6.07, 6.45) is -0.836. The Hall–Kier alpha value is -1.03. The minimum Gasteiger partial charge on any atom is -0.388 e. The van der Waals surface area contributed by atoms with Crippen molar-refractivity contribution < 1.29 is 18.3 Å². The molecule has 1 atom stereocenters. The summed E-state index contributed by atoms with van der Waals surface area (Å²) in [5.41, 5.74) is -0.207. The number of rotatable bonds is 2. The molecule has 0 aliphatic heterocycles. The lowest BCUT2D eigenvalue weighted by Crippen LogP contribution is -2.02. The summed E-state index contributed by atoms with van der Waals surface area (Å²) in [5.74, 6) is -4.09. The SMILES string of the molecule is CC[C@H](O)c1ccc(F)c(F)c1F. The van der Waals surface area contributed by atoms with E-state index in [9.17, 15) is 18.3 Å². The van der Waals surface area contributed by atoms with Crippen LogP contribution >= 0.6 is 0 Å². The Labute approximate surface area is 73.8 Å². The average Bonchev–Trinajstić information content (AvgIpc) is 2.13. The van der Waals surface area contributed by atoms with Crippen molar-refractivity contribution in [2.75, 3.05) is 0 Å². The molecule has 1 rings (SSSR count). The van der Waals surface area contributed by atoms with Crippen molar-refractivity contribution in [1.82, 2.24) is 0 Å². The predicted molar refractivity (Wildman–Crippen MR) is 41.6 cm³/mol. The molecule has 0 aromatic heterocycles. The first-order valence-corrected chi connectivity index (χ1v) is 3.89. The number of hydrogen-bond donors (Lipinski definition) is 1. The summed E-state index contributed by atoms with van der Waals surface area (Å²) in [6, 6.07) is 1.84. The third-order valence-electron chi connectivity index (χ3n) is 1.81. The Kier molecular flexibility index (Phi) is 2.93. The topological polar surface area (TPSA) is 20.2 Å². The third kappa shape index (κ3) is 1.83. The van der Waals surface area contributed by atoms with Gasteiger partial charge in [0.25, 0.3) is 0 Å². The first-order valence-electron chi connectivity index (χ1n) is 3.89. The Morgan fingerprint density at radius 3 is 2.38 bits per heavy atom. The van der Waals surface area contributed by atoms with Crippen LogP contribution in [0.5, 0.6) is 0 Å². The smallest absolute Gasteiger partial charge is 0.194 e.